The van der Waals surface area contributed by atoms with Crippen molar-refractivity contribution >= 4 is 29.6 Å². The first-order valence-corrected chi connectivity index (χ1v) is 11.0. The molecule has 0 bridgehead atoms. The summed E-state index contributed by atoms with van der Waals surface area (Å²) in [6.07, 6.45) is 4.58. The molecule has 3 amide bonds. The minimum absolute atomic E-state index is 0.328. The fraction of sp³-hybridized carbons (Fsp3) is 0.789. The van der Waals surface area contributed by atoms with E-state index in [-0.39, 0.29) is 5.91 Å². The van der Waals surface area contributed by atoms with Gasteiger partial charge in [-0.15, -0.1) is 10.2 Å². The van der Waals surface area contributed by atoms with Crippen molar-refractivity contribution in [3.8, 4) is 0 Å². The van der Waals surface area contributed by atoms with Gasteiger partial charge in [-0.2, -0.15) is 0 Å². The number of carbonyl (C=O) groups is 2. The molecular formula is C19H32N6O2S. The molecule has 8 nitrogen and oxygen atoms in total. The lowest BCUT2D eigenvalue weighted by molar-refractivity contribution is -0.119. The van der Waals surface area contributed by atoms with E-state index in [0.29, 0.717) is 6.04 Å². The zero-order chi connectivity index (χ0) is 20.5. The fourth-order valence-corrected chi connectivity index (χ4v) is 4.14. The number of hydrogen-bond acceptors (Lipinski definition) is 6. The Bertz CT molecular complexity index is 716. The summed E-state index contributed by atoms with van der Waals surface area (Å²) in [7, 11) is 0. The van der Waals surface area contributed by atoms with Crippen LogP contribution in [0.15, 0.2) is 5.16 Å². The van der Waals surface area contributed by atoms with Crippen LogP contribution in [0.3, 0.4) is 0 Å². The average molecular weight is 409 g/mol. The minimum Gasteiger partial charge on any atom is -0.341 e. The van der Waals surface area contributed by atoms with Crippen LogP contribution in [0.2, 0.25) is 0 Å². The summed E-state index contributed by atoms with van der Waals surface area (Å²) in [6, 6.07) is -0.0527. The van der Waals surface area contributed by atoms with Crippen molar-refractivity contribution in [1.82, 2.24) is 25.4 Å². The van der Waals surface area contributed by atoms with Gasteiger partial charge >= 0.3 is 6.03 Å². The van der Waals surface area contributed by atoms with E-state index < -0.39 is 16.8 Å². The number of carbonyl (C=O) groups excluding carboxylic acids is 2. The standard InChI is InChI=1S/C19H32N6O2S/c1-12-8-10-24(11-9-12)17-22-23-18(25(17)14-6-7-14)28-13(2)15(26)20-16(27)21-19(3,4)5/h12-14H,6-11H2,1-5H3,(H2,20,21,26,27)/t13-/m0/s1. The van der Waals surface area contributed by atoms with Gasteiger partial charge in [-0.05, 0) is 59.3 Å². The highest BCUT2D eigenvalue weighted by molar-refractivity contribution is 8.00. The van der Waals surface area contributed by atoms with Crippen LogP contribution < -0.4 is 15.5 Å². The molecule has 0 radical (unpaired) electrons. The number of aromatic nitrogens is 3. The molecule has 2 aliphatic rings. The Kier molecular flexibility index (Phi) is 6.21. The van der Waals surface area contributed by atoms with E-state index >= 15 is 0 Å². The maximum Gasteiger partial charge on any atom is 0.321 e. The number of thioether (sulfide) groups is 1. The molecule has 156 valence electrons. The number of piperidine rings is 1. The fourth-order valence-electron chi connectivity index (χ4n) is 3.22. The molecule has 1 saturated heterocycles. The Morgan fingerprint density at radius 1 is 1.14 bits per heavy atom. The van der Waals surface area contributed by atoms with Crippen LogP contribution >= 0.6 is 11.8 Å². The molecule has 2 heterocycles. The highest BCUT2D eigenvalue weighted by Gasteiger charge is 2.33. The smallest absolute Gasteiger partial charge is 0.321 e. The predicted molar refractivity (Wildman–Crippen MR) is 111 cm³/mol. The Hall–Kier alpha value is -1.77. The maximum absolute atomic E-state index is 12.4. The number of anilines is 1. The van der Waals surface area contributed by atoms with Crippen molar-refractivity contribution < 1.29 is 9.59 Å². The van der Waals surface area contributed by atoms with Gasteiger partial charge in [-0.1, -0.05) is 18.7 Å². The summed E-state index contributed by atoms with van der Waals surface area (Å²) in [4.78, 5) is 26.7. The summed E-state index contributed by atoms with van der Waals surface area (Å²) in [5.41, 5.74) is -0.395. The first kappa shape index (κ1) is 21.0. The summed E-state index contributed by atoms with van der Waals surface area (Å²) in [5.74, 6) is 1.35. The zero-order valence-corrected chi connectivity index (χ0v) is 18.3. The average Bonchev–Trinajstić information content (AvgIpc) is 3.34. The molecule has 2 fully saturated rings. The highest BCUT2D eigenvalue weighted by Crippen LogP contribution is 2.42. The second-order valence-corrected chi connectivity index (χ2v) is 10.3. The van der Waals surface area contributed by atoms with Gasteiger partial charge in [0.15, 0.2) is 5.16 Å². The third-order valence-electron chi connectivity index (χ3n) is 5.00. The molecule has 1 aliphatic carbocycles. The molecule has 3 rings (SSSR count). The number of amides is 3. The van der Waals surface area contributed by atoms with Crippen LogP contribution in [-0.4, -0.2) is 50.6 Å². The third-order valence-corrected chi connectivity index (χ3v) is 6.06. The van der Waals surface area contributed by atoms with Crippen molar-refractivity contribution in [1.29, 1.82) is 0 Å². The van der Waals surface area contributed by atoms with Crippen molar-refractivity contribution in [3.63, 3.8) is 0 Å². The number of urea groups is 1. The van der Waals surface area contributed by atoms with E-state index in [4.69, 9.17) is 0 Å². The van der Waals surface area contributed by atoms with Gasteiger partial charge in [-0.25, -0.2) is 4.79 Å². The van der Waals surface area contributed by atoms with E-state index in [9.17, 15) is 9.59 Å². The molecule has 1 aromatic rings. The molecule has 0 unspecified atom stereocenters. The van der Waals surface area contributed by atoms with E-state index in [1.807, 2.05) is 20.8 Å². The first-order chi connectivity index (χ1) is 13.1. The van der Waals surface area contributed by atoms with Gasteiger partial charge < -0.3 is 10.2 Å². The van der Waals surface area contributed by atoms with Gasteiger partial charge in [0.1, 0.15) is 0 Å². The minimum atomic E-state index is -0.475. The Morgan fingerprint density at radius 3 is 2.36 bits per heavy atom. The zero-order valence-electron chi connectivity index (χ0n) is 17.5. The number of rotatable bonds is 5. The van der Waals surface area contributed by atoms with Crippen molar-refractivity contribution in [2.45, 2.75) is 82.3 Å². The molecule has 1 aliphatic heterocycles. The lowest BCUT2D eigenvalue weighted by Gasteiger charge is -2.31. The molecule has 1 atom stereocenters. The van der Waals surface area contributed by atoms with Gasteiger partial charge in [0, 0.05) is 24.7 Å². The van der Waals surface area contributed by atoms with E-state index in [1.165, 1.54) is 24.6 Å². The summed E-state index contributed by atoms with van der Waals surface area (Å²) in [5, 5.41) is 14.3. The van der Waals surface area contributed by atoms with Gasteiger partial charge in [-0.3, -0.25) is 14.7 Å². The molecule has 1 aromatic heterocycles. The molecule has 2 N–H and O–H groups in total. The molecule has 1 saturated carbocycles. The van der Waals surface area contributed by atoms with Gasteiger partial charge in [0.2, 0.25) is 11.9 Å². The molecule has 9 heteroatoms. The van der Waals surface area contributed by atoms with E-state index in [0.717, 1.165) is 43.0 Å². The predicted octanol–water partition coefficient (Wildman–Crippen LogP) is 2.95. The molecule has 0 spiro atoms. The number of imide groups is 1. The molecule has 0 aromatic carbocycles. The summed E-state index contributed by atoms with van der Waals surface area (Å²) < 4.78 is 2.19. The molecular weight excluding hydrogens is 376 g/mol. The number of nitrogens with zero attached hydrogens (tertiary/aromatic N) is 4. The topological polar surface area (TPSA) is 92.2 Å². The van der Waals surface area contributed by atoms with Gasteiger partial charge in [0.05, 0.1) is 5.25 Å². The van der Waals surface area contributed by atoms with Gasteiger partial charge in [0.25, 0.3) is 0 Å². The maximum atomic E-state index is 12.4. The van der Waals surface area contributed by atoms with Crippen LogP contribution in [0.1, 0.15) is 66.3 Å². The monoisotopic (exact) mass is 408 g/mol. The van der Waals surface area contributed by atoms with E-state index in [2.05, 4.69) is 37.2 Å². The third kappa shape index (κ3) is 5.40. The second-order valence-electron chi connectivity index (χ2n) is 9.01. The molecule has 28 heavy (non-hydrogen) atoms. The van der Waals surface area contributed by atoms with Crippen LogP contribution in [-0.2, 0) is 4.79 Å². The quantitative estimate of drug-likeness (QED) is 0.728. The SMILES string of the molecule is CC1CCN(c2nnc(S[C@@H](C)C(=O)NC(=O)NC(C)(C)C)n2C2CC2)CC1. The largest absolute Gasteiger partial charge is 0.341 e. The Balaban J connectivity index is 1.65. The van der Waals surface area contributed by atoms with Crippen LogP contribution in [0.4, 0.5) is 10.7 Å². The van der Waals surface area contributed by atoms with Crippen LogP contribution in [0.5, 0.6) is 0 Å². The Labute approximate surface area is 171 Å². The number of hydrogen-bond donors (Lipinski definition) is 2. The van der Waals surface area contributed by atoms with E-state index in [1.54, 1.807) is 6.92 Å². The number of nitrogens with one attached hydrogen (secondary N) is 2. The Morgan fingerprint density at radius 2 is 1.79 bits per heavy atom. The highest BCUT2D eigenvalue weighted by atomic mass is 32.2. The summed E-state index contributed by atoms with van der Waals surface area (Å²) in [6.45, 7) is 11.7. The summed E-state index contributed by atoms with van der Waals surface area (Å²) >= 11 is 1.36. The second kappa shape index (κ2) is 8.31. The lowest BCUT2D eigenvalue weighted by Crippen LogP contribution is -2.49. The van der Waals surface area contributed by atoms with Crippen LogP contribution in [0, 0.1) is 5.92 Å². The lowest BCUT2D eigenvalue weighted by atomic mass is 10.00. The van der Waals surface area contributed by atoms with Crippen molar-refractivity contribution in [2.24, 2.45) is 5.92 Å². The normalized spacial score (nSPS) is 19.4. The first-order valence-electron chi connectivity index (χ1n) is 10.1. The van der Waals surface area contributed by atoms with Crippen LogP contribution in [0.25, 0.3) is 0 Å². The van der Waals surface area contributed by atoms with Crippen molar-refractivity contribution in [2.75, 3.05) is 18.0 Å². The van der Waals surface area contributed by atoms with Crippen molar-refractivity contribution in [3.05, 3.63) is 0 Å².